The van der Waals surface area contributed by atoms with E-state index >= 15 is 0 Å². The maximum absolute atomic E-state index is 13.4. The highest BCUT2D eigenvalue weighted by molar-refractivity contribution is 5.96. The molecule has 1 aromatic carbocycles. The molecule has 104 valence electrons. The van der Waals surface area contributed by atoms with Crippen LogP contribution in [0.25, 0.3) is 0 Å². The molecular weight excluding hydrogens is 268 g/mol. The normalized spacial score (nSPS) is 11.4. The van der Waals surface area contributed by atoms with Gasteiger partial charge in [0.15, 0.2) is 17.4 Å². The van der Waals surface area contributed by atoms with E-state index in [-0.39, 0.29) is 23.9 Å². The fourth-order valence-electron chi connectivity index (χ4n) is 1.58. The van der Waals surface area contributed by atoms with E-state index in [0.29, 0.717) is 5.56 Å². The smallest absolute Gasteiger partial charge is 0.200 e. The number of ether oxygens (including phenoxy) is 1. The molecule has 20 heavy (non-hydrogen) atoms. The highest BCUT2D eigenvalue weighted by Gasteiger charge is 2.12. The molecule has 0 aliphatic rings. The van der Waals surface area contributed by atoms with Crippen molar-refractivity contribution in [2.75, 3.05) is 0 Å². The molecule has 3 N–H and O–H groups in total. The second-order valence-corrected chi connectivity index (χ2v) is 3.84. The Labute approximate surface area is 113 Å². The number of rotatable bonds is 4. The molecule has 0 saturated heterocycles. The molecule has 2 aromatic rings. The van der Waals surface area contributed by atoms with Crippen molar-refractivity contribution in [2.45, 2.75) is 6.61 Å². The van der Waals surface area contributed by atoms with Gasteiger partial charge in [0.25, 0.3) is 0 Å². The van der Waals surface area contributed by atoms with Gasteiger partial charge in [-0.1, -0.05) is 17.3 Å². The summed E-state index contributed by atoms with van der Waals surface area (Å²) in [6, 6.07) is 6.87. The molecule has 7 heteroatoms. The van der Waals surface area contributed by atoms with Crippen molar-refractivity contribution >= 4 is 5.84 Å². The number of halogens is 2. The lowest BCUT2D eigenvalue weighted by atomic mass is 10.2. The van der Waals surface area contributed by atoms with E-state index in [1.165, 1.54) is 18.3 Å². The molecule has 0 unspecified atom stereocenters. The first kappa shape index (κ1) is 13.7. The number of benzene rings is 1. The lowest BCUT2D eigenvalue weighted by Gasteiger charge is -2.10. The minimum Gasteiger partial charge on any atom is -0.486 e. The third-order valence-corrected chi connectivity index (χ3v) is 2.54. The summed E-state index contributed by atoms with van der Waals surface area (Å²) in [5.74, 6) is -2.48. The summed E-state index contributed by atoms with van der Waals surface area (Å²) in [4.78, 5) is 3.94. The Bertz CT molecular complexity index is 647. The Morgan fingerprint density at radius 3 is 2.85 bits per heavy atom. The van der Waals surface area contributed by atoms with Gasteiger partial charge in [-0.2, -0.15) is 4.39 Å². The third-order valence-electron chi connectivity index (χ3n) is 2.54. The molecule has 0 aliphatic carbocycles. The van der Waals surface area contributed by atoms with E-state index in [9.17, 15) is 8.78 Å². The van der Waals surface area contributed by atoms with Crippen LogP contribution in [0.2, 0.25) is 0 Å². The fourth-order valence-corrected chi connectivity index (χ4v) is 1.58. The number of hydrogen-bond acceptors (Lipinski definition) is 4. The van der Waals surface area contributed by atoms with Crippen LogP contribution < -0.4 is 10.5 Å². The molecule has 5 nitrogen and oxygen atoms in total. The minimum atomic E-state index is -1.07. The van der Waals surface area contributed by atoms with Crippen molar-refractivity contribution in [2.24, 2.45) is 10.9 Å². The predicted octanol–water partition coefficient (Wildman–Crippen LogP) is 2.03. The molecule has 1 aromatic heterocycles. The molecule has 0 bridgehead atoms. The highest BCUT2D eigenvalue weighted by Crippen LogP contribution is 2.20. The summed E-state index contributed by atoms with van der Waals surface area (Å²) in [5.41, 5.74) is 6.16. The van der Waals surface area contributed by atoms with Crippen molar-refractivity contribution in [1.82, 2.24) is 4.98 Å². The van der Waals surface area contributed by atoms with Gasteiger partial charge in [0.05, 0.1) is 0 Å². The molecule has 0 amide bonds. The van der Waals surface area contributed by atoms with Crippen LogP contribution in [0.3, 0.4) is 0 Å². The summed E-state index contributed by atoms with van der Waals surface area (Å²) in [5, 5.41) is 11.5. The minimum absolute atomic E-state index is 0.0975. The zero-order valence-corrected chi connectivity index (χ0v) is 10.3. The molecule has 1 heterocycles. The summed E-state index contributed by atoms with van der Waals surface area (Å²) in [6.07, 6.45) is 1.46. The fraction of sp³-hybridized carbons (Fsp3) is 0.0769. The topological polar surface area (TPSA) is 80.7 Å². The number of pyridine rings is 1. The number of aromatic nitrogens is 1. The van der Waals surface area contributed by atoms with Crippen LogP contribution in [0.15, 0.2) is 41.7 Å². The van der Waals surface area contributed by atoms with Crippen molar-refractivity contribution in [1.29, 1.82) is 0 Å². The zero-order chi connectivity index (χ0) is 14.5. The van der Waals surface area contributed by atoms with E-state index in [0.717, 1.165) is 6.07 Å². The monoisotopic (exact) mass is 279 g/mol. The Kier molecular flexibility index (Phi) is 4.09. The standard InChI is InChI=1S/C13H11F2N3O2/c14-9-4-1-5-10(11(9)15)20-7-8-3-2-6-17-12(8)13(16)18-19/h1-6,19H,7H2,(H2,16,18). The van der Waals surface area contributed by atoms with Crippen molar-refractivity contribution in [3.63, 3.8) is 0 Å². The Balaban J connectivity index is 2.21. The summed E-state index contributed by atoms with van der Waals surface area (Å²) in [7, 11) is 0. The van der Waals surface area contributed by atoms with Crippen LogP contribution in [0.4, 0.5) is 8.78 Å². The van der Waals surface area contributed by atoms with Crippen molar-refractivity contribution in [3.05, 3.63) is 59.4 Å². The number of nitrogens with two attached hydrogens (primary N) is 1. The summed E-state index contributed by atoms with van der Waals surface area (Å²) in [6.45, 7) is -0.0975. The first-order valence-corrected chi connectivity index (χ1v) is 5.62. The predicted molar refractivity (Wildman–Crippen MR) is 67.4 cm³/mol. The first-order chi connectivity index (χ1) is 9.63. The van der Waals surface area contributed by atoms with Crippen LogP contribution >= 0.6 is 0 Å². The SMILES string of the molecule is NC(=NO)c1ncccc1COc1cccc(F)c1F. The zero-order valence-electron chi connectivity index (χ0n) is 10.3. The average molecular weight is 279 g/mol. The van der Waals surface area contributed by atoms with Crippen LogP contribution in [0, 0.1) is 11.6 Å². The third kappa shape index (κ3) is 2.82. The molecule has 0 spiro atoms. The highest BCUT2D eigenvalue weighted by atomic mass is 19.2. The second-order valence-electron chi connectivity index (χ2n) is 3.84. The van der Waals surface area contributed by atoms with Crippen LogP contribution in [-0.2, 0) is 6.61 Å². The molecule has 0 saturated carbocycles. The number of nitrogens with zero attached hydrogens (tertiary/aromatic N) is 2. The Morgan fingerprint density at radius 1 is 1.30 bits per heavy atom. The van der Waals surface area contributed by atoms with E-state index < -0.39 is 11.6 Å². The lowest BCUT2D eigenvalue weighted by molar-refractivity contribution is 0.283. The maximum atomic E-state index is 13.4. The van der Waals surface area contributed by atoms with Gasteiger partial charge >= 0.3 is 0 Å². The van der Waals surface area contributed by atoms with Gasteiger partial charge in [-0.3, -0.25) is 4.98 Å². The second kappa shape index (κ2) is 5.96. The maximum Gasteiger partial charge on any atom is 0.200 e. The number of amidine groups is 1. The van der Waals surface area contributed by atoms with Gasteiger partial charge in [0, 0.05) is 11.8 Å². The first-order valence-electron chi connectivity index (χ1n) is 5.62. The molecular formula is C13H11F2N3O2. The Hall–Kier alpha value is -2.70. The van der Waals surface area contributed by atoms with E-state index in [1.807, 2.05) is 0 Å². The molecule has 0 atom stereocenters. The van der Waals surface area contributed by atoms with E-state index in [1.54, 1.807) is 12.1 Å². The summed E-state index contributed by atoms with van der Waals surface area (Å²) >= 11 is 0. The van der Waals surface area contributed by atoms with Gasteiger partial charge < -0.3 is 15.7 Å². The summed E-state index contributed by atoms with van der Waals surface area (Å²) < 4.78 is 31.6. The van der Waals surface area contributed by atoms with Crippen LogP contribution in [-0.4, -0.2) is 16.0 Å². The number of oxime groups is 1. The van der Waals surface area contributed by atoms with E-state index in [4.69, 9.17) is 15.7 Å². The molecule has 0 radical (unpaired) electrons. The molecule has 0 aliphatic heterocycles. The Morgan fingerprint density at radius 2 is 2.10 bits per heavy atom. The molecule has 2 rings (SSSR count). The quantitative estimate of drug-likeness (QED) is 0.388. The van der Waals surface area contributed by atoms with Gasteiger partial charge in [0.1, 0.15) is 12.3 Å². The van der Waals surface area contributed by atoms with Crippen molar-refractivity contribution in [3.8, 4) is 5.75 Å². The number of hydrogen-bond donors (Lipinski definition) is 2. The largest absolute Gasteiger partial charge is 0.486 e. The van der Waals surface area contributed by atoms with E-state index in [2.05, 4.69) is 10.1 Å². The van der Waals surface area contributed by atoms with Gasteiger partial charge in [-0.25, -0.2) is 4.39 Å². The van der Waals surface area contributed by atoms with Gasteiger partial charge in [0.2, 0.25) is 5.82 Å². The average Bonchev–Trinajstić information content (AvgIpc) is 2.48. The lowest BCUT2D eigenvalue weighted by Crippen LogP contribution is -2.18. The van der Waals surface area contributed by atoms with Gasteiger partial charge in [-0.05, 0) is 18.2 Å². The van der Waals surface area contributed by atoms with Crippen LogP contribution in [0.1, 0.15) is 11.3 Å². The van der Waals surface area contributed by atoms with Crippen LogP contribution in [0.5, 0.6) is 5.75 Å². The molecule has 0 fully saturated rings. The van der Waals surface area contributed by atoms with Gasteiger partial charge in [-0.15, -0.1) is 0 Å². The van der Waals surface area contributed by atoms with Crippen molar-refractivity contribution < 1.29 is 18.7 Å².